The molecule has 2 aromatic carbocycles. The number of nitrogens with one attached hydrogen (secondary N) is 2. The highest BCUT2D eigenvalue weighted by Crippen LogP contribution is 2.26. The molecule has 0 aliphatic heterocycles. The Hall–Kier alpha value is -3.19. The minimum atomic E-state index is -1.01. The predicted molar refractivity (Wildman–Crippen MR) is 114 cm³/mol. The molecule has 0 aliphatic rings. The lowest BCUT2D eigenvalue weighted by atomic mass is 10.1. The summed E-state index contributed by atoms with van der Waals surface area (Å²) in [6, 6.07) is 15.1. The number of thiophene rings is 1. The second kappa shape index (κ2) is 8.87. The van der Waals surface area contributed by atoms with Gasteiger partial charge in [-0.25, -0.2) is 4.79 Å². The van der Waals surface area contributed by atoms with Gasteiger partial charge in [0.25, 0.3) is 5.91 Å². The van der Waals surface area contributed by atoms with Gasteiger partial charge in [-0.3, -0.25) is 9.59 Å². The SMILES string of the molecule is Cc1cccc(C)c1NC(=O)CNC(=O)[C@@H](C)OC(=O)c1cc2ccccc2s1. The quantitative estimate of drug-likeness (QED) is 0.605. The van der Waals surface area contributed by atoms with Crippen molar-refractivity contribution < 1.29 is 19.1 Å². The van der Waals surface area contributed by atoms with E-state index in [0.29, 0.717) is 4.88 Å². The van der Waals surface area contributed by atoms with E-state index in [9.17, 15) is 14.4 Å². The Morgan fingerprint density at radius 3 is 2.41 bits per heavy atom. The van der Waals surface area contributed by atoms with Gasteiger partial charge in [0.05, 0.1) is 6.54 Å². The maximum Gasteiger partial charge on any atom is 0.349 e. The summed E-state index contributed by atoms with van der Waals surface area (Å²) in [5, 5.41) is 6.24. The van der Waals surface area contributed by atoms with Gasteiger partial charge in [-0.15, -0.1) is 11.3 Å². The Bertz CT molecular complexity index is 1020. The average molecular weight is 410 g/mol. The molecule has 2 amide bonds. The third kappa shape index (κ3) is 5.00. The lowest BCUT2D eigenvalue weighted by Crippen LogP contribution is -2.40. The van der Waals surface area contributed by atoms with Crippen LogP contribution in [0.5, 0.6) is 0 Å². The summed E-state index contributed by atoms with van der Waals surface area (Å²) in [6.07, 6.45) is -1.01. The van der Waals surface area contributed by atoms with Crippen molar-refractivity contribution in [1.29, 1.82) is 0 Å². The Labute approximate surface area is 172 Å². The van der Waals surface area contributed by atoms with E-state index in [4.69, 9.17) is 4.74 Å². The molecule has 0 saturated heterocycles. The minimum Gasteiger partial charge on any atom is -0.448 e. The Morgan fingerprint density at radius 1 is 1.03 bits per heavy atom. The minimum absolute atomic E-state index is 0.211. The molecule has 6 nitrogen and oxygen atoms in total. The first-order chi connectivity index (χ1) is 13.8. The summed E-state index contributed by atoms with van der Waals surface area (Å²) >= 11 is 1.31. The van der Waals surface area contributed by atoms with E-state index in [0.717, 1.165) is 26.9 Å². The molecule has 0 saturated carbocycles. The number of carbonyl (C=O) groups excluding carboxylic acids is 3. The molecule has 0 fully saturated rings. The summed E-state index contributed by atoms with van der Waals surface area (Å²) in [6.45, 7) is 5.06. The molecule has 0 radical (unpaired) electrons. The molecular formula is C22H22N2O4S. The Morgan fingerprint density at radius 2 is 1.72 bits per heavy atom. The van der Waals surface area contributed by atoms with Gasteiger partial charge in [0.15, 0.2) is 6.10 Å². The second-order valence-electron chi connectivity index (χ2n) is 6.73. The fourth-order valence-electron chi connectivity index (χ4n) is 2.86. The average Bonchev–Trinajstić information content (AvgIpc) is 3.13. The van der Waals surface area contributed by atoms with Crippen molar-refractivity contribution in [3.63, 3.8) is 0 Å². The maximum atomic E-state index is 12.3. The largest absolute Gasteiger partial charge is 0.448 e. The van der Waals surface area contributed by atoms with Gasteiger partial charge < -0.3 is 15.4 Å². The summed E-state index contributed by atoms with van der Waals surface area (Å²) in [7, 11) is 0. The topological polar surface area (TPSA) is 84.5 Å². The number of ether oxygens (including phenoxy) is 1. The number of para-hydroxylation sites is 1. The van der Waals surface area contributed by atoms with Crippen LogP contribution in [-0.2, 0) is 14.3 Å². The van der Waals surface area contributed by atoms with E-state index in [1.54, 1.807) is 6.07 Å². The number of rotatable bonds is 6. The lowest BCUT2D eigenvalue weighted by molar-refractivity contribution is -0.130. The number of amides is 2. The standard InChI is InChI=1S/C22H22N2O4S/c1-13-7-6-8-14(2)20(13)24-19(25)12-23-21(26)15(3)28-22(27)18-11-16-9-4-5-10-17(16)29-18/h4-11,15H,12H2,1-3H3,(H,23,26)(H,24,25)/t15-/m1/s1. The number of anilines is 1. The van der Waals surface area contributed by atoms with Crippen LogP contribution in [0.15, 0.2) is 48.5 Å². The number of aryl methyl sites for hydroxylation is 2. The summed E-state index contributed by atoms with van der Waals surface area (Å²) in [5.41, 5.74) is 2.61. The van der Waals surface area contributed by atoms with Crippen LogP contribution in [0.25, 0.3) is 10.1 Å². The first-order valence-electron chi connectivity index (χ1n) is 9.18. The molecule has 3 rings (SSSR count). The number of benzene rings is 2. The Kier molecular flexibility index (Phi) is 6.29. The van der Waals surface area contributed by atoms with Crippen LogP contribution in [0.1, 0.15) is 27.7 Å². The van der Waals surface area contributed by atoms with E-state index >= 15 is 0 Å². The van der Waals surface area contributed by atoms with E-state index in [1.807, 2.05) is 56.3 Å². The molecule has 1 atom stereocenters. The Balaban J connectivity index is 1.52. The number of fused-ring (bicyclic) bond motifs is 1. The van der Waals surface area contributed by atoms with E-state index in [1.165, 1.54) is 18.3 Å². The van der Waals surface area contributed by atoms with Crippen LogP contribution >= 0.6 is 11.3 Å². The fourth-order valence-corrected chi connectivity index (χ4v) is 3.81. The van der Waals surface area contributed by atoms with Crippen molar-refractivity contribution in [2.24, 2.45) is 0 Å². The highest BCUT2D eigenvalue weighted by atomic mass is 32.1. The van der Waals surface area contributed by atoms with Crippen LogP contribution in [0.4, 0.5) is 5.69 Å². The molecule has 7 heteroatoms. The summed E-state index contributed by atoms with van der Waals surface area (Å²) in [4.78, 5) is 37.1. The molecule has 2 N–H and O–H groups in total. The van der Waals surface area contributed by atoms with E-state index < -0.39 is 18.0 Å². The monoisotopic (exact) mass is 410 g/mol. The van der Waals surface area contributed by atoms with Crippen molar-refractivity contribution in [2.45, 2.75) is 26.9 Å². The zero-order chi connectivity index (χ0) is 21.0. The van der Waals surface area contributed by atoms with E-state index in [-0.39, 0.29) is 12.5 Å². The van der Waals surface area contributed by atoms with Gasteiger partial charge in [-0.05, 0) is 49.4 Å². The molecule has 0 spiro atoms. The van der Waals surface area contributed by atoms with Crippen LogP contribution in [-0.4, -0.2) is 30.4 Å². The zero-order valence-corrected chi connectivity index (χ0v) is 17.3. The van der Waals surface area contributed by atoms with Crippen LogP contribution in [0.2, 0.25) is 0 Å². The van der Waals surface area contributed by atoms with Gasteiger partial charge in [0.1, 0.15) is 4.88 Å². The molecular weight excluding hydrogens is 388 g/mol. The number of carbonyl (C=O) groups is 3. The van der Waals surface area contributed by atoms with Gasteiger partial charge in [-0.2, -0.15) is 0 Å². The van der Waals surface area contributed by atoms with Crippen molar-refractivity contribution in [3.05, 3.63) is 64.5 Å². The number of esters is 1. The van der Waals surface area contributed by atoms with Crippen LogP contribution in [0.3, 0.4) is 0 Å². The number of hydrogen-bond donors (Lipinski definition) is 2. The maximum absolute atomic E-state index is 12.3. The fraction of sp³-hybridized carbons (Fsp3) is 0.227. The zero-order valence-electron chi connectivity index (χ0n) is 16.4. The number of hydrogen-bond acceptors (Lipinski definition) is 5. The molecule has 0 bridgehead atoms. The first kappa shape index (κ1) is 20.5. The molecule has 29 heavy (non-hydrogen) atoms. The normalized spacial score (nSPS) is 11.7. The van der Waals surface area contributed by atoms with Crippen LogP contribution < -0.4 is 10.6 Å². The predicted octanol–water partition coefficient (Wildman–Crippen LogP) is 3.82. The van der Waals surface area contributed by atoms with Gasteiger partial charge in [-0.1, -0.05) is 36.4 Å². The smallest absolute Gasteiger partial charge is 0.349 e. The molecule has 1 heterocycles. The molecule has 150 valence electrons. The molecule has 1 aromatic heterocycles. The molecule has 0 aliphatic carbocycles. The first-order valence-corrected chi connectivity index (χ1v) is 10.00. The highest BCUT2D eigenvalue weighted by molar-refractivity contribution is 7.20. The van der Waals surface area contributed by atoms with Crippen molar-refractivity contribution in [1.82, 2.24) is 5.32 Å². The third-order valence-electron chi connectivity index (χ3n) is 4.45. The van der Waals surface area contributed by atoms with Crippen molar-refractivity contribution in [2.75, 3.05) is 11.9 Å². The highest BCUT2D eigenvalue weighted by Gasteiger charge is 2.21. The third-order valence-corrected chi connectivity index (χ3v) is 5.54. The lowest BCUT2D eigenvalue weighted by Gasteiger charge is -2.14. The van der Waals surface area contributed by atoms with Crippen molar-refractivity contribution >= 4 is 44.9 Å². The molecule has 3 aromatic rings. The second-order valence-corrected chi connectivity index (χ2v) is 7.81. The van der Waals surface area contributed by atoms with Gasteiger partial charge >= 0.3 is 5.97 Å². The summed E-state index contributed by atoms with van der Waals surface area (Å²) < 4.78 is 6.22. The van der Waals surface area contributed by atoms with Crippen molar-refractivity contribution in [3.8, 4) is 0 Å². The van der Waals surface area contributed by atoms with Gasteiger partial charge in [0.2, 0.25) is 5.91 Å². The van der Waals surface area contributed by atoms with Gasteiger partial charge in [0, 0.05) is 10.4 Å². The van der Waals surface area contributed by atoms with Crippen LogP contribution in [0, 0.1) is 13.8 Å². The molecule has 0 unspecified atom stereocenters. The summed E-state index contributed by atoms with van der Waals surface area (Å²) in [5.74, 6) is -1.44. The van der Waals surface area contributed by atoms with E-state index in [2.05, 4.69) is 10.6 Å².